The number of methoxy groups -OCH3 is 2. The Labute approximate surface area is 165 Å². The van der Waals surface area contributed by atoms with Crippen LogP contribution < -0.4 is 0 Å². The zero-order chi connectivity index (χ0) is 18.6. The molecule has 1 aromatic rings. The van der Waals surface area contributed by atoms with Crippen molar-refractivity contribution in [2.45, 2.75) is 34.5 Å². The maximum absolute atomic E-state index is 11.8. The highest BCUT2D eigenvalue weighted by atomic mass is 35.5. The average Bonchev–Trinajstić information content (AvgIpc) is 2.84. The van der Waals surface area contributed by atoms with E-state index in [1.165, 1.54) is 21.1 Å². The van der Waals surface area contributed by atoms with Gasteiger partial charge in [0.05, 0.1) is 16.0 Å². The molecule has 2 aliphatic rings. The maximum atomic E-state index is 11.8. The molecule has 0 radical (unpaired) electrons. The molecule has 1 aromatic carbocycles. The minimum Gasteiger partial charge on any atom is -0.459 e. The average molecular weight is 426 g/mol. The molecule has 1 saturated carbocycles. The largest absolute Gasteiger partial charge is 0.459 e. The molecule has 0 saturated heterocycles. The lowest BCUT2D eigenvalue weighted by Crippen LogP contribution is -2.58. The molecule has 1 fully saturated rings. The van der Waals surface area contributed by atoms with Crippen LogP contribution in [-0.4, -0.2) is 41.8 Å². The van der Waals surface area contributed by atoms with E-state index in [0.29, 0.717) is 0 Å². The van der Waals surface area contributed by atoms with Gasteiger partial charge in [-0.3, -0.25) is 4.79 Å². The summed E-state index contributed by atoms with van der Waals surface area (Å²) < 4.78 is 16.9. The van der Waals surface area contributed by atoms with Gasteiger partial charge in [0.25, 0.3) is 0 Å². The van der Waals surface area contributed by atoms with Crippen LogP contribution in [0.15, 0.2) is 40.4 Å². The molecular formula is C17H16Cl4O4. The second-order valence-electron chi connectivity index (χ2n) is 5.99. The first-order chi connectivity index (χ1) is 11.7. The first kappa shape index (κ1) is 19.3. The molecule has 4 atom stereocenters. The van der Waals surface area contributed by atoms with E-state index in [0.717, 1.165) is 5.56 Å². The highest BCUT2D eigenvalue weighted by molar-refractivity contribution is 6.52. The quantitative estimate of drug-likeness (QED) is 0.408. The van der Waals surface area contributed by atoms with Crippen molar-refractivity contribution in [3.05, 3.63) is 46.0 Å². The Morgan fingerprint density at radius 3 is 2.00 bits per heavy atom. The fraction of sp³-hybridized carbons (Fsp3) is 0.471. The molecule has 0 aliphatic heterocycles. The topological polar surface area (TPSA) is 44.8 Å². The lowest BCUT2D eigenvalue weighted by Gasteiger charge is -2.40. The highest BCUT2D eigenvalue weighted by Crippen LogP contribution is 2.74. The van der Waals surface area contributed by atoms with E-state index in [1.807, 2.05) is 30.3 Å². The van der Waals surface area contributed by atoms with Crippen LogP contribution in [0.2, 0.25) is 0 Å². The zero-order valence-corrected chi connectivity index (χ0v) is 16.7. The maximum Gasteiger partial charge on any atom is 0.303 e. The van der Waals surface area contributed by atoms with Gasteiger partial charge in [-0.25, -0.2) is 0 Å². The van der Waals surface area contributed by atoms with Gasteiger partial charge >= 0.3 is 5.97 Å². The van der Waals surface area contributed by atoms with Gasteiger partial charge in [-0.05, 0) is 5.56 Å². The van der Waals surface area contributed by atoms with Gasteiger partial charge in [-0.15, -0.1) is 23.2 Å². The highest BCUT2D eigenvalue weighted by Gasteiger charge is 2.86. The Bertz CT molecular complexity index is 733. The van der Waals surface area contributed by atoms with E-state index < -0.39 is 33.5 Å². The van der Waals surface area contributed by atoms with Crippen molar-refractivity contribution in [3.63, 3.8) is 0 Å². The molecule has 4 nitrogen and oxygen atoms in total. The van der Waals surface area contributed by atoms with Crippen LogP contribution in [0.5, 0.6) is 0 Å². The number of halogens is 4. The number of benzene rings is 1. The molecule has 0 spiro atoms. The lowest BCUT2D eigenvalue weighted by atomic mass is 9.83. The molecule has 0 amide bonds. The lowest BCUT2D eigenvalue weighted by molar-refractivity contribution is -0.222. The standard InChI is InChI=1S/C17H16Cl4O4/c1-9(22)25-14-11(10-7-5-4-6-8-10)15(20)12(18)13(19)16(14,21)17(15,23-2)24-3/h4-8,11,14H,1-3H3/t11-,14+,15?,16-/m1/s1. The fourth-order valence-electron chi connectivity index (χ4n) is 4.04. The van der Waals surface area contributed by atoms with Gasteiger partial charge < -0.3 is 14.2 Å². The second kappa shape index (κ2) is 6.29. The van der Waals surface area contributed by atoms with Crippen LogP contribution in [0.25, 0.3) is 0 Å². The smallest absolute Gasteiger partial charge is 0.303 e. The first-order valence-electron chi connectivity index (χ1n) is 7.48. The van der Waals surface area contributed by atoms with Crippen molar-refractivity contribution in [1.29, 1.82) is 0 Å². The summed E-state index contributed by atoms with van der Waals surface area (Å²) in [5, 5.41) is 0.166. The number of carbonyl (C=O) groups is 1. The molecule has 3 rings (SSSR count). The van der Waals surface area contributed by atoms with Gasteiger partial charge in [-0.2, -0.15) is 0 Å². The van der Waals surface area contributed by atoms with Crippen LogP contribution in [0, 0.1) is 0 Å². The zero-order valence-electron chi connectivity index (χ0n) is 13.7. The van der Waals surface area contributed by atoms with Crippen LogP contribution >= 0.6 is 46.4 Å². The van der Waals surface area contributed by atoms with Crippen molar-refractivity contribution in [2.75, 3.05) is 14.2 Å². The third-order valence-electron chi connectivity index (χ3n) is 4.94. The minimum absolute atomic E-state index is 0.0490. The SMILES string of the molecule is COC1(OC)C2(Cl)C(Cl)=C(Cl)[C@@]1(Cl)[C@@H](OC(C)=O)[C@H]2c1ccccc1. The molecule has 0 N–H and O–H groups in total. The van der Waals surface area contributed by atoms with Crippen LogP contribution in [-0.2, 0) is 19.0 Å². The number of carbonyl (C=O) groups excluding carboxylic acids is 1. The Kier molecular flexibility index (Phi) is 4.85. The van der Waals surface area contributed by atoms with Crippen LogP contribution in [0.1, 0.15) is 18.4 Å². The summed E-state index contributed by atoms with van der Waals surface area (Å²) >= 11 is 26.9. The summed E-state index contributed by atoms with van der Waals surface area (Å²) in [5.41, 5.74) is 0.770. The number of rotatable bonds is 4. The van der Waals surface area contributed by atoms with Crippen molar-refractivity contribution >= 4 is 52.4 Å². The van der Waals surface area contributed by atoms with Gasteiger partial charge in [0.2, 0.25) is 5.79 Å². The Morgan fingerprint density at radius 2 is 1.52 bits per heavy atom. The Hall–Kier alpha value is -0.490. The van der Waals surface area contributed by atoms with Gasteiger partial charge in [0, 0.05) is 21.1 Å². The Balaban J connectivity index is 2.33. The van der Waals surface area contributed by atoms with E-state index in [1.54, 1.807) is 0 Å². The van der Waals surface area contributed by atoms with E-state index >= 15 is 0 Å². The summed E-state index contributed by atoms with van der Waals surface area (Å²) in [6.07, 6.45) is -0.943. The van der Waals surface area contributed by atoms with E-state index in [2.05, 4.69) is 0 Å². The van der Waals surface area contributed by atoms with Crippen molar-refractivity contribution in [2.24, 2.45) is 0 Å². The van der Waals surface area contributed by atoms with Gasteiger partial charge in [0.1, 0.15) is 11.0 Å². The van der Waals surface area contributed by atoms with Crippen molar-refractivity contribution in [3.8, 4) is 0 Å². The second-order valence-corrected chi connectivity index (χ2v) is 7.94. The van der Waals surface area contributed by atoms with Crippen LogP contribution in [0.3, 0.4) is 0 Å². The number of hydrogen-bond donors (Lipinski definition) is 0. The summed E-state index contributed by atoms with van der Waals surface area (Å²) in [6, 6.07) is 9.24. The monoisotopic (exact) mass is 424 g/mol. The van der Waals surface area contributed by atoms with E-state index in [9.17, 15) is 4.79 Å². The fourth-order valence-corrected chi connectivity index (χ4v) is 6.16. The molecular weight excluding hydrogens is 410 g/mol. The molecule has 0 heterocycles. The van der Waals surface area contributed by atoms with E-state index in [-0.39, 0.29) is 10.1 Å². The molecule has 0 aromatic heterocycles. The number of ether oxygens (including phenoxy) is 3. The summed E-state index contributed by atoms with van der Waals surface area (Å²) in [7, 11) is 2.80. The van der Waals surface area contributed by atoms with Gasteiger partial charge in [0.15, 0.2) is 4.87 Å². The predicted molar refractivity (Wildman–Crippen MR) is 97.4 cm³/mol. The number of fused-ring (bicyclic) bond motifs is 2. The molecule has 136 valence electrons. The normalized spacial score (nSPS) is 36.0. The molecule has 1 unspecified atom stereocenters. The molecule has 2 aliphatic carbocycles. The molecule has 8 heteroatoms. The molecule has 25 heavy (non-hydrogen) atoms. The van der Waals surface area contributed by atoms with Crippen molar-refractivity contribution in [1.82, 2.24) is 0 Å². The van der Waals surface area contributed by atoms with Crippen molar-refractivity contribution < 1.29 is 19.0 Å². The first-order valence-corrected chi connectivity index (χ1v) is 9.00. The number of hydrogen-bond acceptors (Lipinski definition) is 4. The number of alkyl halides is 2. The van der Waals surface area contributed by atoms with Crippen LogP contribution in [0.4, 0.5) is 0 Å². The number of esters is 1. The molecule has 2 bridgehead atoms. The summed E-state index contributed by atoms with van der Waals surface area (Å²) in [5.74, 6) is -2.79. The van der Waals surface area contributed by atoms with Gasteiger partial charge in [-0.1, -0.05) is 53.5 Å². The third-order valence-corrected chi connectivity index (χ3v) is 7.53. The predicted octanol–water partition coefficient (Wildman–Crippen LogP) is 4.36. The summed E-state index contributed by atoms with van der Waals surface area (Å²) in [6.45, 7) is 1.29. The minimum atomic E-state index is -1.63. The Morgan fingerprint density at radius 1 is 1.00 bits per heavy atom. The third kappa shape index (κ3) is 2.13. The van der Waals surface area contributed by atoms with E-state index in [4.69, 9.17) is 60.6 Å². The summed E-state index contributed by atoms with van der Waals surface area (Å²) in [4.78, 5) is 8.71.